The van der Waals surface area contributed by atoms with E-state index in [1.54, 1.807) is 25.4 Å². The van der Waals surface area contributed by atoms with Crippen molar-refractivity contribution in [2.24, 2.45) is 0 Å². The predicted octanol–water partition coefficient (Wildman–Crippen LogP) is 2.84. The molecule has 1 unspecified atom stereocenters. The van der Waals surface area contributed by atoms with Crippen molar-refractivity contribution in [3.63, 3.8) is 0 Å². The highest BCUT2D eigenvalue weighted by Crippen LogP contribution is 2.20. The molecule has 1 N–H and O–H groups in total. The zero-order valence-corrected chi connectivity index (χ0v) is 11.1. The van der Waals surface area contributed by atoms with E-state index in [0.717, 1.165) is 0 Å². The molecule has 5 heteroatoms. The Kier molecular flexibility index (Phi) is 4.52. The van der Waals surface area contributed by atoms with Crippen LogP contribution < -0.4 is 5.32 Å². The molecule has 0 aliphatic carbocycles. The maximum Gasteiger partial charge on any atom is 0.203 e. The van der Waals surface area contributed by atoms with Crippen LogP contribution >= 0.6 is 0 Å². The van der Waals surface area contributed by atoms with Crippen molar-refractivity contribution >= 4 is 5.95 Å². The Labute approximate surface area is 112 Å². The first-order chi connectivity index (χ1) is 9.22. The van der Waals surface area contributed by atoms with Crippen LogP contribution in [0.5, 0.6) is 0 Å². The monoisotopic (exact) mass is 263 g/mol. The summed E-state index contributed by atoms with van der Waals surface area (Å²) in [5, 5.41) is 3.21. The molecule has 0 aliphatic rings. The van der Waals surface area contributed by atoms with Crippen LogP contribution in [0, 0.1) is 5.82 Å². The fraction of sp³-hybridized carbons (Fsp3) is 0.357. The van der Waals surface area contributed by atoms with Gasteiger partial charge in [-0.3, -0.25) is 0 Å². The summed E-state index contributed by atoms with van der Waals surface area (Å²) < 4.78 is 20.7. The number of benzene rings is 1. The molecule has 1 aromatic heterocycles. The quantitative estimate of drug-likeness (QED) is 0.871. The number of nitrogens with zero attached hydrogens (tertiary/aromatic N) is 2. The number of halogens is 1. The number of hydrogen-bond acceptors (Lipinski definition) is 3. The Morgan fingerprint density at radius 1 is 1.42 bits per heavy atom. The molecule has 0 amide bonds. The van der Waals surface area contributed by atoms with Gasteiger partial charge in [-0.1, -0.05) is 18.2 Å². The number of anilines is 1. The van der Waals surface area contributed by atoms with Gasteiger partial charge in [0.25, 0.3) is 0 Å². The van der Waals surface area contributed by atoms with Crippen molar-refractivity contribution < 1.29 is 9.13 Å². The summed E-state index contributed by atoms with van der Waals surface area (Å²) in [5.74, 6) is 0.505. The lowest BCUT2D eigenvalue weighted by atomic mass is 10.1. The molecule has 0 aliphatic heterocycles. The summed E-state index contributed by atoms with van der Waals surface area (Å²) >= 11 is 0. The van der Waals surface area contributed by atoms with Crippen LogP contribution in [0.15, 0.2) is 36.7 Å². The summed E-state index contributed by atoms with van der Waals surface area (Å²) in [6.45, 7) is 3.23. The normalized spacial score (nSPS) is 12.4. The minimum atomic E-state index is -0.211. The topological polar surface area (TPSA) is 39.1 Å². The Balaban J connectivity index is 2.09. The van der Waals surface area contributed by atoms with Gasteiger partial charge < -0.3 is 14.6 Å². The van der Waals surface area contributed by atoms with Crippen LogP contribution in [0.4, 0.5) is 10.3 Å². The van der Waals surface area contributed by atoms with Gasteiger partial charge in [-0.05, 0) is 13.0 Å². The van der Waals surface area contributed by atoms with E-state index < -0.39 is 0 Å². The van der Waals surface area contributed by atoms with Gasteiger partial charge in [0.1, 0.15) is 5.82 Å². The lowest BCUT2D eigenvalue weighted by Gasteiger charge is -2.16. The number of imidazole rings is 1. The average Bonchev–Trinajstić information content (AvgIpc) is 2.84. The third-order valence-electron chi connectivity index (χ3n) is 2.97. The number of ether oxygens (including phenoxy) is 1. The average molecular weight is 263 g/mol. The molecule has 2 rings (SSSR count). The molecule has 1 aromatic carbocycles. The van der Waals surface area contributed by atoms with Crippen LogP contribution in [0.1, 0.15) is 18.5 Å². The van der Waals surface area contributed by atoms with Gasteiger partial charge in [-0.25, -0.2) is 9.37 Å². The maximum atomic E-state index is 13.7. The summed E-state index contributed by atoms with van der Waals surface area (Å²) in [7, 11) is 1.66. The van der Waals surface area contributed by atoms with Gasteiger partial charge in [0.15, 0.2) is 0 Å². The molecule has 19 heavy (non-hydrogen) atoms. The van der Waals surface area contributed by atoms with Gasteiger partial charge in [0.05, 0.1) is 12.6 Å². The molecule has 0 radical (unpaired) electrons. The summed E-state index contributed by atoms with van der Waals surface area (Å²) in [6, 6.07) is 6.60. The van der Waals surface area contributed by atoms with Crippen LogP contribution in [-0.2, 0) is 11.3 Å². The fourth-order valence-electron chi connectivity index (χ4n) is 1.92. The van der Waals surface area contributed by atoms with E-state index in [2.05, 4.69) is 10.3 Å². The lowest BCUT2D eigenvalue weighted by molar-refractivity contribution is 0.187. The highest BCUT2D eigenvalue weighted by atomic mass is 19.1. The molecular formula is C14H18FN3O. The Morgan fingerprint density at radius 3 is 2.95 bits per heavy atom. The van der Waals surface area contributed by atoms with Crippen molar-refractivity contribution in [2.45, 2.75) is 19.5 Å². The van der Waals surface area contributed by atoms with Gasteiger partial charge >= 0.3 is 0 Å². The second-order valence-electron chi connectivity index (χ2n) is 4.32. The van der Waals surface area contributed by atoms with Gasteiger partial charge in [-0.15, -0.1) is 0 Å². The lowest BCUT2D eigenvalue weighted by Crippen LogP contribution is -2.14. The number of nitrogens with one attached hydrogen (secondary N) is 1. The molecule has 1 heterocycles. The Morgan fingerprint density at radius 2 is 2.21 bits per heavy atom. The van der Waals surface area contributed by atoms with Gasteiger partial charge in [0.2, 0.25) is 5.95 Å². The van der Waals surface area contributed by atoms with Crippen molar-refractivity contribution in [3.05, 3.63) is 48.0 Å². The minimum Gasteiger partial charge on any atom is -0.383 e. The van der Waals surface area contributed by atoms with Crippen molar-refractivity contribution in [1.82, 2.24) is 9.55 Å². The second kappa shape index (κ2) is 6.33. The summed E-state index contributed by atoms with van der Waals surface area (Å²) in [4.78, 5) is 4.24. The van der Waals surface area contributed by atoms with E-state index >= 15 is 0 Å². The van der Waals surface area contributed by atoms with Crippen molar-refractivity contribution in [2.75, 3.05) is 19.0 Å². The first-order valence-corrected chi connectivity index (χ1v) is 6.23. The number of aromatic nitrogens is 2. The first kappa shape index (κ1) is 13.5. The van der Waals surface area contributed by atoms with Crippen LogP contribution in [-0.4, -0.2) is 23.3 Å². The minimum absolute atomic E-state index is 0.148. The molecule has 2 aromatic rings. The molecule has 0 fully saturated rings. The number of methoxy groups -OCH3 is 1. The zero-order chi connectivity index (χ0) is 13.7. The van der Waals surface area contributed by atoms with E-state index in [-0.39, 0.29) is 11.9 Å². The molecule has 102 valence electrons. The van der Waals surface area contributed by atoms with Crippen LogP contribution in [0.25, 0.3) is 0 Å². The molecule has 1 atom stereocenters. The smallest absolute Gasteiger partial charge is 0.203 e. The van der Waals surface area contributed by atoms with Crippen LogP contribution in [0.2, 0.25) is 0 Å². The Bertz CT molecular complexity index is 527. The Hall–Kier alpha value is -1.88. The van der Waals surface area contributed by atoms with E-state index in [4.69, 9.17) is 4.74 Å². The molecule has 0 spiro atoms. The second-order valence-corrected chi connectivity index (χ2v) is 4.32. The van der Waals surface area contributed by atoms with Crippen LogP contribution in [0.3, 0.4) is 0 Å². The first-order valence-electron chi connectivity index (χ1n) is 6.23. The maximum absolute atomic E-state index is 13.7. The molecular weight excluding hydrogens is 245 g/mol. The van der Waals surface area contributed by atoms with E-state index in [1.807, 2.05) is 23.8 Å². The highest BCUT2D eigenvalue weighted by molar-refractivity contribution is 5.33. The fourth-order valence-corrected chi connectivity index (χ4v) is 1.92. The third-order valence-corrected chi connectivity index (χ3v) is 2.97. The largest absolute Gasteiger partial charge is 0.383 e. The SMILES string of the molecule is COCCn1ccnc1NC(C)c1ccccc1F. The van der Waals surface area contributed by atoms with E-state index in [9.17, 15) is 4.39 Å². The number of rotatable bonds is 6. The third kappa shape index (κ3) is 3.32. The van der Waals surface area contributed by atoms with Gasteiger partial charge in [-0.2, -0.15) is 0 Å². The standard InChI is InChI=1S/C14H18FN3O/c1-11(12-5-3-4-6-13(12)15)17-14-16-7-8-18(14)9-10-19-2/h3-8,11H,9-10H2,1-2H3,(H,16,17). The molecule has 0 bridgehead atoms. The summed E-state index contributed by atoms with van der Waals surface area (Å²) in [6.07, 6.45) is 3.58. The predicted molar refractivity (Wildman–Crippen MR) is 72.5 cm³/mol. The molecule has 4 nitrogen and oxygen atoms in total. The summed E-state index contributed by atoms with van der Waals surface area (Å²) in [5.41, 5.74) is 0.629. The van der Waals surface area contributed by atoms with E-state index in [1.165, 1.54) is 6.07 Å². The van der Waals surface area contributed by atoms with Crippen molar-refractivity contribution in [1.29, 1.82) is 0 Å². The number of hydrogen-bond donors (Lipinski definition) is 1. The van der Waals surface area contributed by atoms with Crippen molar-refractivity contribution in [3.8, 4) is 0 Å². The van der Waals surface area contributed by atoms with E-state index in [0.29, 0.717) is 24.7 Å². The van der Waals surface area contributed by atoms with Gasteiger partial charge in [0, 0.05) is 31.6 Å². The molecule has 0 saturated carbocycles. The zero-order valence-electron chi connectivity index (χ0n) is 11.1. The highest BCUT2D eigenvalue weighted by Gasteiger charge is 2.12. The molecule has 0 saturated heterocycles.